The molecule has 4 heterocycles. The molecule has 5 nitrogen and oxygen atoms in total. The standard InChI is InChI=1S/C67H44BN5/c69-43-44-35-37-61(72-57-29-13-7-23-49(57)50-24-8-14-30-58(50)72)53(39-44)51-25-9-15-31-59(51)73-60-32-16-10-26-52(60)54-40-45(36-38-62(54)73)46-41-65-67-66(42-46)71(48-21-5-2-6-22-48)64-34-18-12-28-56(64)68(67)55-27-11-17-33-63(55)70(65)47-19-3-1-4-20-47/h1-42,52,60H. The van der Waals surface area contributed by atoms with Crippen molar-refractivity contribution in [2.75, 3.05) is 14.7 Å². The highest BCUT2D eigenvalue weighted by atomic mass is 15.2. The molecule has 0 fully saturated rings. The van der Waals surface area contributed by atoms with Crippen LogP contribution in [0.5, 0.6) is 0 Å². The van der Waals surface area contributed by atoms with Crippen molar-refractivity contribution in [3.05, 3.63) is 266 Å². The minimum atomic E-state index is 0.0350. The van der Waals surface area contributed by atoms with Gasteiger partial charge in [-0.2, -0.15) is 5.26 Å². The first-order valence-corrected chi connectivity index (χ1v) is 25.2. The van der Waals surface area contributed by atoms with Crippen molar-refractivity contribution in [2.45, 2.75) is 12.0 Å². The number of hydrogen-bond acceptors (Lipinski definition) is 4. The van der Waals surface area contributed by atoms with Gasteiger partial charge >= 0.3 is 0 Å². The van der Waals surface area contributed by atoms with Gasteiger partial charge < -0.3 is 19.3 Å². The molecular formula is C67H44BN5. The molecule has 4 aliphatic rings. The van der Waals surface area contributed by atoms with Crippen LogP contribution in [0.25, 0.3) is 49.7 Å². The van der Waals surface area contributed by atoms with E-state index in [2.05, 4.69) is 274 Å². The van der Waals surface area contributed by atoms with Gasteiger partial charge in [-0.3, -0.25) is 0 Å². The summed E-state index contributed by atoms with van der Waals surface area (Å²) >= 11 is 0. The van der Waals surface area contributed by atoms with Crippen LogP contribution in [0.2, 0.25) is 0 Å². The SMILES string of the molecule is N#Cc1ccc(-n2c3ccccc3c3ccccc32)c(-c2ccccc2N2c3ccc(-c4cc5c6c(c4)N(c4ccccc4)c4ccccc4B6c4ccccc4N5c4ccccc4)cc3C3C=CC=CC32)c1. The van der Waals surface area contributed by atoms with Crippen LogP contribution in [-0.4, -0.2) is 17.3 Å². The summed E-state index contributed by atoms with van der Waals surface area (Å²) in [5.41, 5.74) is 22.8. The first kappa shape index (κ1) is 41.2. The molecule has 1 aromatic heterocycles. The number of fused-ring (bicyclic) bond motifs is 10. The number of nitriles is 1. The lowest BCUT2D eigenvalue weighted by molar-refractivity contribution is 0.745. The molecular weight excluding hydrogens is 886 g/mol. The van der Waals surface area contributed by atoms with E-state index in [1.807, 2.05) is 6.07 Å². The Morgan fingerprint density at radius 1 is 0.411 bits per heavy atom. The lowest BCUT2D eigenvalue weighted by Crippen LogP contribution is -2.61. The van der Waals surface area contributed by atoms with Gasteiger partial charge in [0.25, 0.3) is 6.71 Å². The lowest BCUT2D eigenvalue weighted by Gasteiger charge is -2.44. The Kier molecular flexibility index (Phi) is 9.18. The highest BCUT2D eigenvalue weighted by Crippen LogP contribution is 2.53. The van der Waals surface area contributed by atoms with Gasteiger partial charge in [-0.15, -0.1) is 0 Å². The second-order valence-corrected chi connectivity index (χ2v) is 19.5. The van der Waals surface area contributed by atoms with Crippen molar-refractivity contribution in [2.24, 2.45) is 0 Å². The van der Waals surface area contributed by atoms with Crippen LogP contribution in [-0.2, 0) is 0 Å². The summed E-state index contributed by atoms with van der Waals surface area (Å²) < 4.78 is 2.37. The van der Waals surface area contributed by atoms with E-state index in [1.54, 1.807) is 0 Å². The fourth-order valence-corrected chi connectivity index (χ4v) is 12.7. The van der Waals surface area contributed by atoms with E-state index in [9.17, 15) is 5.26 Å². The molecule has 340 valence electrons. The van der Waals surface area contributed by atoms with Gasteiger partial charge in [0.2, 0.25) is 0 Å². The van der Waals surface area contributed by atoms with Crippen LogP contribution in [0.3, 0.4) is 0 Å². The lowest BCUT2D eigenvalue weighted by atomic mass is 9.33. The number of aromatic nitrogens is 1. The Hall–Kier alpha value is -9.57. The minimum Gasteiger partial charge on any atom is -0.333 e. The summed E-state index contributed by atoms with van der Waals surface area (Å²) in [6.07, 6.45) is 9.13. The summed E-state index contributed by atoms with van der Waals surface area (Å²) in [7, 11) is 0. The van der Waals surface area contributed by atoms with Crippen LogP contribution in [0.15, 0.2) is 255 Å². The number of rotatable bonds is 6. The number of hydrogen-bond donors (Lipinski definition) is 0. The van der Waals surface area contributed by atoms with Crippen LogP contribution in [0, 0.1) is 11.3 Å². The number of allylic oxidation sites excluding steroid dienone is 2. The molecule has 11 aromatic rings. The van der Waals surface area contributed by atoms with Crippen LogP contribution in [0.1, 0.15) is 17.0 Å². The third-order valence-electron chi connectivity index (χ3n) is 15.7. The largest absolute Gasteiger partial charge is 0.333 e. The number of benzene rings is 10. The van der Waals surface area contributed by atoms with E-state index in [-0.39, 0.29) is 18.7 Å². The predicted molar refractivity (Wildman–Crippen MR) is 304 cm³/mol. The average Bonchev–Trinajstić information content (AvgIpc) is 3.98. The van der Waals surface area contributed by atoms with Gasteiger partial charge in [-0.1, -0.05) is 158 Å². The molecule has 0 spiro atoms. The van der Waals surface area contributed by atoms with Gasteiger partial charge in [0, 0.05) is 73.3 Å². The van der Waals surface area contributed by atoms with Gasteiger partial charge in [0.15, 0.2) is 0 Å². The van der Waals surface area contributed by atoms with Crippen LogP contribution < -0.4 is 31.1 Å². The molecule has 2 atom stereocenters. The van der Waals surface area contributed by atoms with E-state index >= 15 is 0 Å². The third-order valence-corrected chi connectivity index (χ3v) is 15.7. The molecule has 3 aliphatic heterocycles. The number of anilines is 8. The molecule has 0 saturated heterocycles. The highest BCUT2D eigenvalue weighted by molar-refractivity contribution is 7.00. The van der Waals surface area contributed by atoms with Crippen LogP contribution in [0.4, 0.5) is 45.5 Å². The van der Waals surface area contributed by atoms with Crippen molar-refractivity contribution >= 4 is 90.4 Å². The summed E-state index contributed by atoms with van der Waals surface area (Å²) in [5, 5.41) is 12.8. The Bertz CT molecular complexity index is 4000. The quantitative estimate of drug-likeness (QED) is 0.156. The van der Waals surface area contributed by atoms with E-state index in [0.29, 0.717) is 5.56 Å². The molecule has 0 amide bonds. The molecule has 2 unspecified atom stereocenters. The van der Waals surface area contributed by atoms with E-state index in [1.165, 1.54) is 66.7 Å². The van der Waals surface area contributed by atoms with Crippen molar-refractivity contribution in [3.8, 4) is 34.0 Å². The molecule has 0 radical (unpaired) electrons. The monoisotopic (exact) mass is 929 g/mol. The number of nitrogens with zero attached hydrogens (tertiary/aromatic N) is 5. The fourth-order valence-electron chi connectivity index (χ4n) is 12.7. The third kappa shape index (κ3) is 6.16. The fraction of sp³-hybridized carbons (Fsp3) is 0.0299. The zero-order chi connectivity index (χ0) is 48.1. The van der Waals surface area contributed by atoms with Gasteiger partial charge in [0.1, 0.15) is 0 Å². The van der Waals surface area contributed by atoms with Gasteiger partial charge in [-0.05, 0) is 130 Å². The first-order chi connectivity index (χ1) is 36.2. The molecule has 73 heavy (non-hydrogen) atoms. The molecule has 1 aliphatic carbocycles. The van der Waals surface area contributed by atoms with Gasteiger partial charge in [0.05, 0.1) is 34.4 Å². The summed E-state index contributed by atoms with van der Waals surface area (Å²) in [5.74, 6) is 0.107. The molecule has 0 bridgehead atoms. The molecule has 0 N–H and O–H groups in total. The number of para-hydroxylation sites is 7. The van der Waals surface area contributed by atoms with Crippen LogP contribution >= 0.6 is 0 Å². The Labute approximate surface area is 424 Å². The smallest absolute Gasteiger partial charge is 0.252 e. The van der Waals surface area contributed by atoms with E-state index in [0.717, 1.165) is 50.5 Å². The Balaban J connectivity index is 0.930. The summed E-state index contributed by atoms with van der Waals surface area (Å²) in [6.45, 7) is 0.0456. The molecule has 10 aromatic carbocycles. The maximum Gasteiger partial charge on any atom is 0.252 e. The normalized spacial score (nSPS) is 15.7. The van der Waals surface area contributed by atoms with E-state index < -0.39 is 0 Å². The second kappa shape index (κ2) is 16.2. The Morgan fingerprint density at radius 3 is 1.60 bits per heavy atom. The highest BCUT2D eigenvalue weighted by Gasteiger charge is 2.44. The van der Waals surface area contributed by atoms with Crippen molar-refractivity contribution in [3.63, 3.8) is 0 Å². The first-order valence-electron chi connectivity index (χ1n) is 25.2. The zero-order valence-corrected chi connectivity index (χ0v) is 39.7. The second-order valence-electron chi connectivity index (χ2n) is 19.5. The molecule has 6 heteroatoms. The van der Waals surface area contributed by atoms with Crippen molar-refractivity contribution in [1.29, 1.82) is 5.26 Å². The average molecular weight is 930 g/mol. The molecule has 0 saturated carbocycles. The predicted octanol–water partition coefficient (Wildman–Crippen LogP) is 14.8. The maximum absolute atomic E-state index is 10.4. The topological polar surface area (TPSA) is 38.4 Å². The van der Waals surface area contributed by atoms with Crippen molar-refractivity contribution < 1.29 is 0 Å². The summed E-state index contributed by atoms with van der Waals surface area (Å²) in [6, 6.07) is 86.4. The summed E-state index contributed by atoms with van der Waals surface area (Å²) in [4.78, 5) is 7.50. The van der Waals surface area contributed by atoms with Crippen molar-refractivity contribution in [1.82, 2.24) is 4.57 Å². The Morgan fingerprint density at radius 2 is 0.959 bits per heavy atom. The zero-order valence-electron chi connectivity index (χ0n) is 39.7. The van der Waals surface area contributed by atoms with Gasteiger partial charge in [-0.25, -0.2) is 0 Å². The minimum absolute atomic E-state index is 0.0350. The maximum atomic E-state index is 10.4. The molecule has 15 rings (SSSR count). The van der Waals surface area contributed by atoms with E-state index in [4.69, 9.17) is 0 Å².